The largest absolute Gasteiger partial charge is 0.478 e. The third kappa shape index (κ3) is 1.68. The van der Waals surface area contributed by atoms with Gasteiger partial charge < -0.3 is 10.0 Å². The SMILES string of the molecule is Cc1cc(N2CC3CCC2C3)c(C(=O)O)cn1. The van der Waals surface area contributed by atoms with Crippen molar-refractivity contribution in [3.05, 3.63) is 23.5 Å². The topological polar surface area (TPSA) is 53.4 Å². The molecule has 1 aliphatic heterocycles. The molecule has 2 aliphatic rings. The van der Waals surface area contributed by atoms with Gasteiger partial charge in [-0.25, -0.2) is 4.79 Å². The summed E-state index contributed by atoms with van der Waals surface area (Å²) in [7, 11) is 0. The van der Waals surface area contributed by atoms with Gasteiger partial charge in [0.25, 0.3) is 0 Å². The third-order valence-corrected chi connectivity index (χ3v) is 3.97. The van der Waals surface area contributed by atoms with Gasteiger partial charge in [0.1, 0.15) is 5.56 Å². The summed E-state index contributed by atoms with van der Waals surface area (Å²) >= 11 is 0. The molecule has 1 saturated carbocycles. The van der Waals surface area contributed by atoms with Crippen LogP contribution in [0.3, 0.4) is 0 Å². The number of pyridine rings is 1. The molecule has 2 fully saturated rings. The molecule has 2 unspecified atom stereocenters. The molecule has 0 aromatic carbocycles. The number of anilines is 1. The molecule has 2 atom stereocenters. The summed E-state index contributed by atoms with van der Waals surface area (Å²) in [6.45, 7) is 2.91. The molecule has 1 aromatic rings. The van der Waals surface area contributed by atoms with Gasteiger partial charge in [-0.2, -0.15) is 0 Å². The fourth-order valence-electron chi connectivity index (χ4n) is 3.17. The van der Waals surface area contributed by atoms with E-state index in [4.69, 9.17) is 0 Å². The van der Waals surface area contributed by atoms with Crippen LogP contribution in [0.5, 0.6) is 0 Å². The summed E-state index contributed by atoms with van der Waals surface area (Å²) in [5, 5.41) is 9.22. The van der Waals surface area contributed by atoms with Crippen molar-refractivity contribution in [2.24, 2.45) is 5.92 Å². The smallest absolute Gasteiger partial charge is 0.339 e. The van der Waals surface area contributed by atoms with E-state index in [1.54, 1.807) is 0 Å². The lowest BCUT2D eigenvalue weighted by atomic mass is 10.1. The monoisotopic (exact) mass is 232 g/mol. The van der Waals surface area contributed by atoms with Crippen molar-refractivity contribution < 1.29 is 9.90 Å². The predicted octanol–water partition coefficient (Wildman–Crippen LogP) is 2.08. The van der Waals surface area contributed by atoms with Crippen LogP contribution < -0.4 is 4.90 Å². The Kier molecular flexibility index (Phi) is 2.31. The number of carboxylic acid groups (broad SMARTS) is 1. The molecule has 2 heterocycles. The van der Waals surface area contributed by atoms with E-state index in [2.05, 4.69) is 9.88 Å². The molecular formula is C13H16N2O2. The summed E-state index contributed by atoms with van der Waals surface area (Å²) < 4.78 is 0. The average molecular weight is 232 g/mol. The van der Waals surface area contributed by atoms with Crippen LogP contribution in [0.2, 0.25) is 0 Å². The van der Waals surface area contributed by atoms with Gasteiger partial charge in [0.15, 0.2) is 0 Å². The first kappa shape index (κ1) is 10.6. The van der Waals surface area contributed by atoms with Crippen molar-refractivity contribution in [2.45, 2.75) is 32.2 Å². The zero-order valence-corrected chi connectivity index (χ0v) is 9.89. The van der Waals surface area contributed by atoms with Crippen LogP contribution in [-0.4, -0.2) is 28.6 Å². The van der Waals surface area contributed by atoms with Crippen LogP contribution in [-0.2, 0) is 0 Å². The van der Waals surface area contributed by atoms with E-state index in [9.17, 15) is 9.90 Å². The third-order valence-electron chi connectivity index (χ3n) is 3.97. The lowest BCUT2D eigenvalue weighted by Crippen LogP contribution is -2.33. The Balaban J connectivity index is 2.01. The second-order valence-electron chi connectivity index (χ2n) is 5.13. The zero-order valence-electron chi connectivity index (χ0n) is 9.89. The summed E-state index contributed by atoms with van der Waals surface area (Å²) in [6.07, 6.45) is 5.21. The van der Waals surface area contributed by atoms with E-state index in [1.807, 2.05) is 13.0 Å². The molecule has 4 nitrogen and oxygen atoms in total. The second-order valence-corrected chi connectivity index (χ2v) is 5.13. The number of aromatic carboxylic acids is 1. The Hall–Kier alpha value is -1.58. The molecule has 90 valence electrons. The van der Waals surface area contributed by atoms with Crippen molar-refractivity contribution in [1.82, 2.24) is 4.98 Å². The number of hydrogen-bond donors (Lipinski definition) is 1. The van der Waals surface area contributed by atoms with E-state index in [-0.39, 0.29) is 0 Å². The highest BCUT2D eigenvalue weighted by Gasteiger charge is 2.39. The average Bonchev–Trinajstić information content (AvgIpc) is 2.90. The van der Waals surface area contributed by atoms with Crippen molar-refractivity contribution in [1.29, 1.82) is 0 Å². The number of fused-ring (bicyclic) bond motifs is 2. The number of nitrogens with zero attached hydrogens (tertiary/aromatic N) is 2. The van der Waals surface area contributed by atoms with E-state index < -0.39 is 5.97 Å². The van der Waals surface area contributed by atoms with Gasteiger partial charge in [-0.15, -0.1) is 0 Å². The van der Waals surface area contributed by atoms with Crippen molar-refractivity contribution in [3.63, 3.8) is 0 Å². The molecule has 1 N–H and O–H groups in total. The molecule has 0 spiro atoms. The number of hydrogen-bond acceptors (Lipinski definition) is 3. The van der Waals surface area contributed by atoms with Crippen molar-refractivity contribution in [2.75, 3.05) is 11.4 Å². The highest BCUT2D eigenvalue weighted by atomic mass is 16.4. The first-order chi connectivity index (χ1) is 8.15. The zero-order chi connectivity index (χ0) is 12.0. The molecule has 1 aromatic heterocycles. The maximum absolute atomic E-state index is 11.2. The fourth-order valence-corrected chi connectivity index (χ4v) is 3.17. The molecule has 3 rings (SSSR count). The molecule has 4 heteroatoms. The van der Waals surface area contributed by atoms with Crippen LogP contribution in [0.15, 0.2) is 12.3 Å². The van der Waals surface area contributed by atoms with Crippen LogP contribution in [0, 0.1) is 12.8 Å². The van der Waals surface area contributed by atoms with Gasteiger partial charge in [0, 0.05) is 24.5 Å². The lowest BCUT2D eigenvalue weighted by Gasteiger charge is -2.30. The van der Waals surface area contributed by atoms with E-state index >= 15 is 0 Å². The first-order valence-corrected chi connectivity index (χ1v) is 6.11. The number of aryl methyl sites for hydroxylation is 1. The van der Waals surface area contributed by atoms with Crippen molar-refractivity contribution in [3.8, 4) is 0 Å². The highest BCUT2D eigenvalue weighted by molar-refractivity contribution is 5.94. The number of piperidine rings is 1. The minimum absolute atomic E-state index is 0.336. The summed E-state index contributed by atoms with van der Waals surface area (Å²) in [5.74, 6) is -0.120. The molecular weight excluding hydrogens is 216 g/mol. The molecule has 0 radical (unpaired) electrons. The molecule has 17 heavy (non-hydrogen) atoms. The first-order valence-electron chi connectivity index (χ1n) is 6.11. The number of carboxylic acids is 1. The number of carbonyl (C=O) groups is 1. The Morgan fingerprint density at radius 2 is 2.35 bits per heavy atom. The Morgan fingerprint density at radius 1 is 1.53 bits per heavy atom. The van der Waals surface area contributed by atoms with Crippen LogP contribution in [0.1, 0.15) is 35.3 Å². The van der Waals surface area contributed by atoms with Gasteiger partial charge in [-0.3, -0.25) is 4.98 Å². The summed E-state index contributed by atoms with van der Waals surface area (Å²) in [6, 6.07) is 2.45. The molecule has 1 saturated heterocycles. The second kappa shape index (κ2) is 3.72. The van der Waals surface area contributed by atoms with Crippen molar-refractivity contribution >= 4 is 11.7 Å². The minimum Gasteiger partial charge on any atom is -0.478 e. The highest BCUT2D eigenvalue weighted by Crippen LogP contribution is 2.41. The summed E-state index contributed by atoms with van der Waals surface area (Å²) in [5.41, 5.74) is 2.08. The molecule has 2 bridgehead atoms. The maximum Gasteiger partial charge on any atom is 0.339 e. The lowest BCUT2D eigenvalue weighted by molar-refractivity contribution is 0.0697. The van der Waals surface area contributed by atoms with Gasteiger partial charge in [-0.05, 0) is 38.2 Å². The fraction of sp³-hybridized carbons (Fsp3) is 0.538. The number of aromatic nitrogens is 1. The van der Waals surface area contributed by atoms with Gasteiger partial charge in [-0.1, -0.05) is 0 Å². The molecule has 1 aliphatic carbocycles. The van der Waals surface area contributed by atoms with Gasteiger partial charge in [0.05, 0.1) is 5.69 Å². The molecule has 0 amide bonds. The Bertz CT molecular complexity index is 472. The van der Waals surface area contributed by atoms with Crippen LogP contribution in [0.4, 0.5) is 5.69 Å². The van der Waals surface area contributed by atoms with Gasteiger partial charge >= 0.3 is 5.97 Å². The van der Waals surface area contributed by atoms with Crippen LogP contribution in [0.25, 0.3) is 0 Å². The maximum atomic E-state index is 11.2. The predicted molar refractivity (Wildman–Crippen MR) is 64.4 cm³/mol. The van der Waals surface area contributed by atoms with Gasteiger partial charge in [0.2, 0.25) is 0 Å². The number of rotatable bonds is 2. The van der Waals surface area contributed by atoms with Crippen LogP contribution >= 0.6 is 0 Å². The standard InChI is InChI=1S/C13H16N2O2/c1-8-4-12(11(6-14-8)13(16)17)15-7-9-2-3-10(15)5-9/h4,6,9-10H,2-3,5,7H2,1H3,(H,16,17). The normalized spacial score (nSPS) is 26.5. The quantitative estimate of drug-likeness (QED) is 0.848. The van der Waals surface area contributed by atoms with E-state index in [0.717, 1.165) is 23.8 Å². The Labute approximate surface area is 100 Å². The van der Waals surface area contributed by atoms with E-state index in [0.29, 0.717) is 11.6 Å². The minimum atomic E-state index is -0.879. The Morgan fingerprint density at radius 3 is 2.94 bits per heavy atom. The van der Waals surface area contributed by atoms with E-state index in [1.165, 1.54) is 25.5 Å². The summed E-state index contributed by atoms with van der Waals surface area (Å²) in [4.78, 5) is 17.6.